The van der Waals surface area contributed by atoms with Crippen LogP contribution in [-0.4, -0.2) is 48.9 Å². The van der Waals surface area contributed by atoms with Gasteiger partial charge < -0.3 is 15.5 Å². The number of hydrogen-bond acceptors (Lipinski definition) is 4. The summed E-state index contributed by atoms with van der Waals surface area (Å²) in [6.07, 6.45) is 2.03. The number of nitrogens with zero attached hydrogens (tertiary/aromatic N) is 1. The molecule has 148 valence electrons. The number of halogens is 1. The Morgan fingerprint density at radius 2 is 1.85 bits per heavy atom. The molecule has 1 aromatic carbocycles. The van der Waals surface area contributed by atoms with Crippen molar-refractivity contribution in [2.75, 3.05) is 26.2 Å². The minimum absolute atomic E-state index is 0. The van der Waals surface area contributed by atoms with Gasteiger partial charge in [0.25, 0.3) is 11.8 Å². The van der Waals surface area contributed by atoms with E-state index in [0.717, 1.165) is 39.0 Å². The molecule has 0 aromatic heterocycles. The van der Waals surface area contributed by atoms with Gasteiger partial charge in [-0.1, -0.05) is 19.1 Å². The van der Waals surface area contributed by atoms with Crippen molar-refractivity contribution in [3.05, 3.63) is 35.4 Å². The van der Waals surface area contributed by atoms with Gasteiger partial charge in [-0.2, -0.15) is 0 Å². The van der Waals surface area contributed by atoms with Gasteiger partial charge in [0.1, 0.15) is 5.54 Å². The number of carbonyl (C=O) groups excluding carboxylic acids is 3. The standard InChI is InChI=1S/C19H26N4O3.ClH/c1-3-20-12-13-8-10-23(11-9-13)16(24)14-4-6-15(7-5-14)19(2)17(25)21-18(26)22-19;/h4-7,13,20H,3,8-12H2,1-2H3,(H2,21,22,25,26);1H. The molecule has 2 fully saturated rings. The normalized spacial score (nSPS) is 22.8. The highest BCUT2D eigenvalue weighted by atomic mass is 35.5. The number of benzene rings is 1. The number of carbonyl (C=O) groups is 3. The first-order valence-electron chi connectivity index (χ1n) is 9.18. The smallest absolute Gasteiger partial charge is 0.322 e. The molecular weight excluding hydrogens is 368 g/mol. The largest absolute Gasteiger partial charge is 0.339 e. The molecule has 1 atom stereocenters. The van der Waals surface area contributed by atoms with Gasteiger partial charge in [0.2, 0.25) is 0 Å². The molecule has 1 aromatic rings. The number of nitrogens with one attached hydrogen (secondary N) is 3. The van der Waals surface area contributed by atoms with Gasteiger partial charge in [-0.15, -0.1) is 12.4 Å². The lowest BCUT2D eigenvalue weighted by molar-refractivity contribution is -0.123. The van der Waals surface area contributed by atoms with Crippen LogP contribution in [0.5, 0.6) is 0 Å². The Hall–Kier alpha value is -2.12. The van der Waals surface area contributed by atoms with Crippen LogP contribution in [0, 0.1) is 5.92 Å². The zero-order valence-electron chi connectivity index (χ0n) is 15.7. The van der Waals surface area contributed by atoms with Gasteiger partial charge in [-0.25, -0.2) is 4.79 Å². The van der Waals surface area contributed by atoms with E-state index in [4.69, 9.17) is 0 Å². The van der Waals surface area contributed by atoms with Crippen molar-refractivity contribution in [2.45, 2.75) is 32.2 Å². The fourth-order valence-corrected chi connectivity index (χ4v) is 3.56. The van der Waals surface area contributed by atoms with Crippen LogP contribution in [-0.2, 0) is 10.3 Å². The number of amides is 4. The Bertz CT molecular complexity index is 701. The molecule has 2 heterocycles. The van der Waals surface area contributed by atoms with E-state index < -0.39 is 11.6 Å². The molecular formula is C19H27ClN4O3. The molecule has 0 saturated carbocycles. The number of piperidine rings is 1. The van der Waals surface area contributed by atoms with Gasteiger partial charge in [0.15, 0.2) is 0 Å². The summed E-state index contributed by atoms with van der Waals surface area (Å²) in [5.74, 6) is 0.263. The molecule has 0 aliphatic carbocycles. The minimum Gasteiger partial charge on any atom is -0.339 e. The monoisotopic (exact) mass is 394 g/mol. The predicted octanol–water partition coefficient (Wildman–Crippen LogP) is 1.62. The van der Waals surface area contributed by atoms with Crippen LogP contribution in [0.2, 0.25) is 0 Å². The van der Waals surface area contributed by atoms with Gasteiger partial charge >= 0.3 is 6.03 Å². The Morgan fingerprint density at radius 3 is 2.37 bits per heavy atom. The third-order valence-electron chi connectivity index (χ3n) is 5.34. The maximum atomic E-state index is 12.7. The number of hydrogen-bond donors (Lipinski definition) is 3. The first kappa shape index (κ1) is 21.2. The van der Waals surface area contributed by atoms with E-state index in [1.165, 1.54) is 0 Å². The van der Waals surface area contributed by atoms with Crippen LogP contribution in [0.4, 0.5) is 4.79 Å². The lowest BCUT2D eigenvalue weighted by Crippen LogP contribution is -2.41. The van der Waals surface area contributed by atoms with E-state index >= 15 is 0 Å². The van der Waals surface area contributed by atoms with E-state index in [9.17, 15) is 14.4 Å². The van der Waals surface area contributed by atoms with Crippen LogP contribution in [0.1, 0.15) is 42.6 Å². The molecule has 2 saturated heterocycles. The molecule has 2 aliphatic rings. The predicted molar refractivity (Wildman–Crippen MR) is 105 cm³/mol. The number of likely N-dealkylation sites (tertiary alicyclic amines) is 1. The third-order valence-corrected chi connectivity index (χ3v) is 5.34. The van der Waals surface area contributed by atoms with Crippen LogP contribution < -0.4 is 16.0 Å². The molecule has 0 radical (unpaired) electrons. The van der Waals surface area contributed by atoms with Crippen LogP contribution in [0.15, 0.2) is 24.3 Å². The summed E-state index contributed by atoms with van der Waals surface area (Å²) in [5.41, 5.74) is 0.164. The van der Waals surface area contributed by atoms with Crippen LogP contribution >= 0.6 is 12.4 Å². The minimum atomic E-state index is -1.09. The molecule has 0 spiro atoms. The Kier molecular flexibility index (Phi) is 6.84. The first-order valence-corrected chi connectivity index (χ1v) is 9.18. The Morgan fingerprint density at radius 1 is 1.22 bits per heavy atom. The molecule has 4 amide bonds. The molecule has 3 N–H and O–H groups in total. The topological polar surface area (TPSA) is 90.5 Å². The molecule has 3 rings (SSSR count). The summed E-state index contributed by atoms with van der Waals surface area (Å²) < 4.78 is 0. The second kappa shape index (κ2) is 8.71. The average molecular weight is 395 g/mol. The SMILES string of the molecule is CCNCC1CCN(C(=O)c2ccc(C3(C)NC(=O)NC3=O)cc2)CC1.Cl. The van der Waals surface area contributed by atoms with Crippen LogP contribution in [0.3, 0.4) is 0 Å². The van der Waals surface area contributed by atoms with Crippen LogP contribution in [0.25, 0.3) is 0 Å². The molecule has 2 aliphatic heterocycles. The number of imide groups is 1. The molecule has 1 unspecified atom stereocenters. The van der Waals surface area contributed by atoms with E-state index in [-0.39, 0.29) is 24.2 Å². The Labute approximate surface area is 165 Å². The van der Waals surface area contributed by atoms with Crippen molar-refractivity contribution in [3.63, 3.8) is 0 Å². The maximum absolute atomic E-state index is 12.7. The molecule has 0 bridgehead atoms. The lowest BCUT2D eigenvalue weighted by Gasteiger charge is -2.32. The Balaban J connectivity index is 0.00000261. The average Bonchev–Trinajstić information content (AvgIpc) is 2.92. The molecule has 7 nitrogen and oxygen atoms in total. The highest BCUT2D eigenvalue weighted by Gasteiger charge is 2.43. The van der Waals surface area contributed by atoms with Crippen molar-refractivity contribution in [1.82, 2.24) is 20.9 Å². The lowest BCUT2D eigenvalue weighted by atomic mass is 9.91. The second-order valence-corrected chi connectivity index (χ2v) is 7.15. The van der Waals surface area contributed by atoms with Gasteiger partial charge in [-0.3, -0.25) is 14.9 Å². The van der Waals surface area contributed by atoms with E-state index in [1.54, 1.807) is 31.2 Å². The van der Waals surface area contributed by atoms with Crippen molar-refractivity contribution in [2.24, 2.45) is 5.92 Å². The summed E-state index contributed by atoms with van der Waals surface area (Å²) in [4.78, 5) is 38.0. The number of urea groups is 1. The zero-order chi connectivity index (χ0) is 18.7. The van der Waals surface area contributed by atoms with Crippen molar-refractivity contribution in [3.8, 4) is 0 Å². The zero-order valence-corrected chi connectivity index (χ0v) is 16.5. The highest BCUT2D eigenvalue weighted by Crippen LogP contribution is 2.25. The summed E-state index contributed by atoms with van der Waals surface area (Å²) in [6.45, 7) is 7.28. The van der Waals surface area contributed by atoms with Crippen molar-refractivity contribution < 1.29 is 14.4 Å². The van der Waals surface area contributed by atoms with Gasteiger partial charge in [0, 0.05) is 18.7 Å². The third kappa shape index (κ3) is 4.42. The second-order valence-electron chi connectivity index (χ2n) is 7.15. The van der Waals surface area contributed by atoms with E-state index in [1.807, 2.05) is 4.90 Å². The molecule has 8 heteroatoms. The van der Waals surface area contributed by atoms with E-state index in [2.05, 4.69) is 22.9 Å². The van der Waals surface area contributed by atoms with E-state index in [0.29, 0.717) is 17.0 Å². The first-order chi connectivity index (χ1) is 12.4. The fraction of sp³-hybridized carbons (Fsp3) is 0.526. The summed E-state index contributed by atoms with van der Waals surface area (Å²) >= 11 is 0. The highest BCUT2D eigenvalue weighted by molar-refractivity contribution is 6.07. The fourth-order valence-electron chi connectivity index (χ4n) is 3.56. The molecule has 27 heavy (non-hydrogen) atoms. The number of rotatable bonds is 5. The maximum Gasteiger partial charge on any atom is 0.322 e. The summed E-state index contributed by atoms with van der Waals surface area (Å²) in [7, 11) is 0. The van der Waals surface area contributed by atoms with Crippen molar-refractivity contribution in [1.29, 1.82) is 0 Å². The summed E-state index contributed by atoms with van der Waals surface area (Å²) in [6, 6.07) is 6.42. The van der Waals surface area contributed by atoms with Gasteiger partial charge in [0.05, 0.1) is 0 Å². The van der Waals surface area contributed by atoms with Gasteiger partial charge in [-0.05, 0) is 56.5 Å². The van der Waals surface area contributed by atoms with Crippen molar-refractivity contribution >= 4 is 30.3 Å². The summed E-state index contributed by atoms with van der Waals surface area (Å²) in [5, 5.41) is 8.24. The quantitative estimate of drug-likeness (QED) is 0.662.